The second-order valence-electron chi connectivity index (χ2n) is 5.01. The molecule has 100 valence electrons. The third kappa shape index (κ3) is 3.42. The van der Waals surface area contributed by atoms with Gasteiger partial charge in [-0.1, -0.05) is 43.3 Å². The van der Waals surface area contributed by atoms with Gasteiger partial charge in [0.15, 0.2) is 0 Å². The maximum Gasteiger partial charge on any atom is 0.0754 e. The van der Waals surface area contributed by atoms with Crippen LogP contribution in [0.2, 0.25) is 0 Å². The van der Waals surface area contributed by atoms with Gasteiger partial charge in [0, 0.05) is 6.20 Å². The quantitative estimate of drug-likeness (QED) is 0.878. The molecule has 2 nitrogen and oxygen atoms in total. The summed E-state index contributed by atoms with van der Waals surface area (Å²) >= 11 is 0. The molecule has 0 aliphatic rings. The minimum Gasteiger partial charge on any atom is -0.305 e. The Bertz CT molecular complexity index is 520. The van der Waals surface area contributed by atoms with Crippen LogP contribution in [0.3, 0.4) is 0 Å². The molecule has 1 aromatic carbocycles. The van der Waals surface area contributed by atoms with Crippen LogP contribution in [-0.4, -0.2) is 11.5 Å². The average Bonchev–Trinajstić information content (AvgIpc) is 2.42. The number of aryl methyl sites for hydroxylation is 2. The van der Waals surface area contributed by atoms with E-state index in [1.54, 1.807) is 0 Å². The monoisotopic (exact) mass is 254 g/mol. The Hall–Kier alpha value is -1.67. The molecule has 0 fully saturated rings. The van der Waals surface area contributed by atoms with E-state index in [2.05, 4.69) is 67.5 Å². The highest BCUT2D eigenvalue weighted by Gasteiger charge is 2.16. The summed E-state index contributed by atoms with van der Waals surface area (Å²) in [6, 6.07) is 12.9. The number of pyridine rings is 1. The van der Waals surface area contributed by atoms with E-state index >= 15 is 0 Å². The fourth-order valence-corrected chi connectivity index (χ4v) is 2.33. The van der Waals surface area contributed by atoms with Gasteiger partial charge in [0.2, 0.25) is 0 Å². The first-order valence-corrected chi connectivity index (χ1v) is 6.94. The van der Waals surface area contributed by atoms with Gasteiger partial charge < -0.3 is 5.32 Å². The molecule has 1 heterocycles. The van der Waals surface area contributed by atoms with Gasteiger partial charge in [-0.05, 0) is 43.5 Å². The Morgan fingerprint density at radius 3 is 2.53 bits per heavy atom. The molecule has 1 N–H and O–H groups in total. The zero-order valence-electron chi connectivity index (χ0n) is 12.0. The summed E-state index contributed by atoms with van der Waals surface area (Å²) in [5, 5.41) is 3.60. The predicted molar refractivity (Wildman–Crippen MR) is 80.3 cm³/mol. The average molecular weight is 254 g/mol. The Morgan fingerprint density at radius 2 is 1.89 bits per heavy atom. The van der Waals surface area contributed by atoms with Crippen LogP contribution in [0.15, 0.2) is 42.6 Å². The lowest BCUT2D eigenvalue weighted by Gasteiger charge is -2.20. The fraction of sp³-hybridized carbons (Fsp3) is 0.353. The highest BCUT2D eigenvalue weighted by atomic mass is 14.9. The van der Waals surface area contributed by atoms with Crippen LogP contribution >= 0.6 is 0 Å². The molecule has 2 aromatic rings. The summed E-state index contributed by atoms with van der Waals surface area (Å²) in [6.45, 7) is 7.40. The topological polar surface area (TPSA) is 24.9 Å². The fourth-order valence-electron chi connectivity index (χ4n) is 2.33. The van der Waals surface area contributed by atoms with Crippen molar-refractivity contribution in [2.45, 2.75) is 33.2 Å². The number of benzene rings is 1. The zero-order chi connectivity index (χ0) is 13.7. The Kier molecular flexibility index (Phi) is 4.69. The van der Waals surface area contributed by atoms with E-state index in [4.69, 9.17) is 0 Å². The molecule has 0 saturated heterocycles. The molecular weight excluding hydrogens is 232 g/mol. The minimum absolute atomic E-state index is 0.182. The molecular formula is C17H22N2. The zero-order valence-corrected chi connectivity index (χ0v) is 12.0. The summed E-state index contributed by atoms with van der Waals surface area (Å²) in [6.07, 6.45) is 3.07. The van der Waals surface area contributed by atoms with E-state index in [-0.39, 0.29) is 6.04 Å². The van der Waals surface area contributed by atoms with Gasteiger partial charge in [-0.2, -0.15) is 0 Å². The smallest absolute Gasteiger partial charge is 0.0754 e. The molecule has 0 bridgehead atoms. The molecule has 1 aromatic heterocycles. The molecule has 0 aliphatic heterocycles. The molecule has 1 unspecified atom stereocenters. The highest BCUT2D eigenvalue weighted by molar-refractivity contribution is 5.33. The lowest BCUT2D eigenvalue weighted by molar-refractivity contribution is 0.583. The van der Waals surface area contributed by atoms with Crippen molar-refractivity contribution in [2.75, 3.05) is 6.54 Å². The molecule has 0 amide bonds. The molecule has 1 atom stereocenters. The number of nitrogens with zero attached hydrogens (tertiary/aromatic N) is 1. The van der Waals surface area contributed by atoms with Crippen molar-refractivity contribution < 1.29 is 0 Å². The van der Waals surface area contributed by atoms with Crippen molar-refractivity contribution in [3.05, 3.63) is 65.0 Å². The Balaban J connectivity index is 2.37. The standard InChI is InChI=1S/C17H22N2/c1-4-10-18-17(15-8-6-5-7-9-15)16-14(3)11-13(2)12-19-16/h5-9,11-12,17-18H,4,10H2,1-3H3. The van der Waals surface area contributed by atoms with E-state index in [0.29, 0.717) is 0 Å². The maximum absolute atomic E-state index is 4.64. The minimum atomic E-state index is 0.182. The van der Waals surface area contributed by atoms with Crippen LogP contribution in [0.25, 0.3) is 0 Å². The summed E-state index contributed by atoms with van der Waals surface area (Å²) in [4.78, 5) is 4.64. The Labute approximate surface area is 115 Å². The van der Waals surface area contributed by atoms with Gasteiger partial charge in [-0.15, -0.1) is 0 Å². The van der Waals surface area contributed by atoms with Crippen molar-refractivity contribution in [3.63, 3.8) is 0 Å². The van der Waals surface area contributed by atoms with Gasteiger partial charge in [-0.3, -0.25) is 4.98 Å². The first-order chi connectivity index (χ1) is 9.22. The van der Waals surface area contributed by atoms with Crippen LogP contribution in [0.1, 0.15) is 41.8 Å². The van der Waals surface area contributed by atoms with E-state index in [1.807, 2.05) is 6.20 Å². The van der Waals surface area contributed by atoms with Crippen molar-refractivity contribution in [2.24, 2.45) is 0 Å². The molecule has 0 saturated carbocycles. The van der Waals surface area contributed by atoms with Gasteiger partial charge in [-0.25, -0.2) is 0 Å². The molecule has 2 rings (SSSR count). The van der Waals surface area contributed by atoms with E-state index in [9.17, 15) is 0 Å². The van der Waals surface area contributed by atoms with Crippen LogP contribution in [0, 0.1) is 13.8 Å². The van der Waals surface area contributed by atoms with Crippen molar-refractivity contribution in [1.82, 2.24) is 10.3 Å². The second-order valence-corrected chi connectivity index (χ2v) is 5.01. The van der Waals surface area contributed by atoms with Crippen LogP contribution < -0.4 is 5.32 Å². The molecule has 0 spiro atoms. The molecule has 0 radical (unpaired) electrons. The van der Waals surface area contributed by atoms with E-state index < -0.39 is 0 Å². The van der Waals surface area contributed by atoms with Gasteiger partial charge >= 0.3 is 0 Å². The maximum atomic E-state index is 4.64. The molecule has 0 aliphatic carbocycles. The predicted octanol–water partition coefficient (Wildman–Crippen LogP) is 3.79. The van der Waals surface area contributed by atoms with Gasteiger partial charge in [0.05, 0.1) is 11.7 Å². The number of aromatic nitrogens is 1. The highest BCUT2D eigenvalue weighted by Crippen LogP contribution is 2.23. The molecule has 2 heteroatoms. The first kappa shape index (κ1) is 13.8. The summed E-state index contributed by atoms with van der Waals surface area (Å²) in [7, 11) is 0. The normalized spacial score (nSPS) is 12.4. The largest absolute Gasteiger partial charge is 0.305 e. The molecule has 19 heavy (non-hydrogen) atoms. The van der Waals surface area contributed by atoms with Crippen LogP contribution in [-0.2, 0) is 0 Å². The number of rotatable bonds is 5. The second kappa shape index (κ2) is 6.48. The number of hydrogen-bond donors (Lipinski definition) is 1. The first-order valence-electron chi connectivity index (χ1n) is 6.94. The van der Waals surface area contributed by atoms with Gasteiger partial charge in [0.25, 0.3) is 0 Å². The third-order valence-corrected chi connectivity index (χ3v) is 3.26. The summed E-state index contributed by atoms with van der Waals surface area (Å²) < 4.78 is 0. The van der Waals surface area contributed by atoms with E-state index in [0.717, 1.165) is 18.7 Å². The van der Waals surface area contributed by atoms with Crippen molar-refractivity contribution in [1.29, 1.82) is 0 Å². The summed E-state index contributed by atoms with van der Waals surface area (Å²) in [5.74, 6) is 0. The lowest BCUT2D eigenvalue weighted by atomic mass is 9.99. The van der Waals surface area contributed by atoms with Crippen LogP contribution in [0.5, 0.6) is 0 Å². The van der Waals surface area contributed by atoms with E-state index in [1.165, 1.54) is 16.7 Å². The Morgan fingerprint density at radius 1 is 1.16 bits per heavy atom. The van der Waals surface area contributed by atoms with Crippen molar-refractivity contribution >= 4 is 0 Å². The SMILES string of the molecule is CCCNC(c1ccccc1)c1ncc(C)cc1C. The van der Waals surface area contributed by atoms with Crippen LogP contribution in [0.4, 0.5) is 0 Å². The van der Waals surface area contributed by atoms with Gasteiger partial charge in [0.1, 0.15) is 0 Å². The van der Waals surface area contributed by atoms with Crippen molar-refractivity contribution in [3.8, 4) is 0 Å². The third-order valence-electron chi connectivity index (χ3n) is 3.26. The summed E-state index contributed by atoms with van der Waals surface area (Å²) in [5.41, 5.74) is 4.86. The number of nitrogens with one attached hydrogen (secondary N) is 1. The lowest BCUT2D eigenvalue weighted by Crippen LogP contribution is -2.24. The number of hydrogen-bond acceptors (Lipinski definition) is 2.